The molecule has 25 heavy (non-hydrogen) atoms. The Morgan fingerprint density at radius 2 is 1.96 bits per heavy atom. The third kappa shape index (κ3) is 6.55. The summed E-state index contributed by atoms with van der Waals surface area (Å²) in [7, 11) is 1.64. The molecule has 1 heterocycles. The van der Waals surface area contributed by atoms with Gasteiger partial charge in [-0.05, 0) is 37.1 Å². The second kappa shape index (κ2) is 9.05. The van der Waals surface area contributed by atoms with Gasteiger partial charge in [0.1, 0.15) is 5.75 Å². The number of likely N-dealkylation sites (tertiary alicyclic amines) is 1. The van der Waals surface area contributed by atoms with Crippen molar-refractivity contribution in [2.45, 2.75) is 38.2 Å². The molecule has 1 aliphatic rings. The summed E-state index contributed by atoms with van der Waals surface area (Å²) in [4.78, 5) is 13.9. The van der Waals surface area contributed by atoms with Crippen molar-refractivity contribution in [1.82, 2.24) is 10.2 Å². The van der Waals surface area contributed by atoms with Gasteiger partial charge in [0.2, 0.25) is 5.91 Å². The number of rotatable bonds is 9. The Morgan fingerprint density at radius 1 is 1.24 bits per heavy atom. The van der Waals surface area contributed by atoms with Crippen LogP contribution in [0.1, 0.15) is 24.8 Å². The summed E-state index contributed by atoms with van der Waals surface area (Å²) >= 11 is 0. The summed E-state index contributed by atoms with van der Waals surface area (Å²) in [6.07, 6.45) is -2.55. The second-order valence-electron chi connectivity index (χ2n) is 5.94. The molecule has 0 saturated carbocycles. The Bertz CT molecular complexity index is 549. The van der Waals surface area contributed by atoms with Gasteiger partial charge >= 0.3 is 6.36 Å². The van der Waals surface area contributed by atoms with Gasteiger partial charge in [-0.1, -0.05) is 12.1 Å². The molecule has 0 unspecified atom stereocenters. The van der Waals surface area contributed by atoms with E-state index in [2.05, 4.69) is 10.1 Å². The van der Waals surface area contributed by atoms with Gasteiger partial charge in [-0.3, -0.25) is 4.79 Å². The van der Waals surface area contributed by atoms with Crippen LogP contribution < -0.4 is 10.1 Å². The van der Waals surface area contributed by atoms with E-state index in [1.54, 1.807) is 24.1 Å². The van der Waals surface area contributed by atoms with Crippen LogP contribution in [0.5, 0.6) is 5.75 Å². The van der Waals surface area contributed by atoms with Gasteiger partial charge in [-0.15, -0.1) is 13.2 Å². The first kappa shape index (κ1) is 19.5. The van der Waals surface area contributed by atoms with E-state index in [1.807, 2.05) is 0 Å². The number of halogens is 3. The quantitative estimate of drug-likeness (QED) is 0.688. The van der Waals surface area contributed by atoms with E-state index in [-0.39, 0.29) is 17.7 Å². The molecule has 1 aromatic rings. The molecule has 1 atom stereocenters. The van der Waals surface area contributed by atoms with Crippen molar-refractivity contribution in [2.24, 2.45) is 0 Å². The third-order valence-corrected chi connectivity index (χ3v) is 4.10. The van der Waals surface area contributed by atoms with Gasteiger partial charge in [-0.25, -0.2) is 0 Å². The average Bonchev–Trinajstić information content (AvgIpc) is 2.88. The Morgan fingerprint density at radius 3 is 2.60 bits per heavy atom. The van der Waals surface area contributed by atoms with Crippen molar-refractivity contribution in [2.75, 3.05) is 26.8 Å². The van der Waals surface area contributed by atoms with Crippen LogP contribution in [-0.2, 0) is 16.1 Å². The summed E-state index contributed by atoms with van der Waals surface area (Å²) in [5, 5.41) is 3.26. The first-order valence-electron chi connectivity index (χ1n) is 8.23. The molecule has 0 radical (unpaired) electrons. The Kier molecular flexibility index (Phi) is 7.07. The van der Waals surface area contributed by atoms with Crippen LogP contribution in [0.25, 0.3) is 0 Å². The Balaban J connectivity index is 1.87. The number of hydrogen-bond donors (Lipinski definition) is 1. The van der Waals surface area contributed by atoms with Gasteiger partial charge in [0.25, 0.3) is 0 Å². The van der Waals surface area contributed by atoms with Crippen molar-refractivity contribution in [3.8, 4) is 5.75 Å². The van der Waals surface area contributed by atoms with Gasteiger partial charge < -0.3 is 19.7 Å². The molecular formula is C17H23F3N2O3. The van der Waals surface area contributed by atoms with E-state index in [0.717, 1.165) is 31.5 Å². The lowest BCUT2D eigenvalue weighted by atomic mass is 10.1. The smallest absolute Gasteiger partial charge is 0.406 e. The minimum absolute atomic E-state index is 0.0810. The highest BCUT2D eigenvalue weighted by Gasteiger charge is 2.32. The van der Waals surface area contributed by atoms with Gasteiger partial charge in [0, 0.05) is 32.7 Å². The van der Waals surface area contributed by atoms with Crippen molar-refractivity contribution >= 4 is 5.91 Å². The molecule has 1 amide bonds. The van der Waals surface area contributed by atoms with E-state index >= 15 is 0 Å². The van der Waals surface area contributed by atoms with Crippen LogP contribution in [0, 0.1) is 0 Å². The van der Waals surface area contributed by atoms with Gasteiger partial charge in [-0.2, -0.15) is 0 Å². The molecule has 0 bridgehead atoms. The van der Waals surface area contributed by atoms with Crippen molar-refractivity contribution < 1.29 is 27.4 Å². The zero-order valence-corrected chi connectivity index (χ0v) is 14.1. The SMILES string of the molecule is COCCNCC[C@H]1CCC(=O)N1Cc1ccc(OC(F)(F)F)cc1. The number of nitrogens with one attached hydrogen (secondary N) is 1. The fraction of sp³-hybridized carbons (Fsp3) is 0.588. The van der Waals surface area contributed by atoms with Crippen molar-refractivity contribution in [3.05, 3.63) is 29.8 Å². The molecule has 1 N–H and O–H groups in total. The summed E-state index contributed by atoms with van der Waals surface area (Å²) in [5.74, 6) is -0.180. The summed E-state index contributed by atoms with van der Waals surface area (Å²) in [6.45, 7) is 2.58. The summed E-state index contributed by atoms with van der Waals surface area (Å²) < 4.78 is 45.4. The lowest BCUT2D eigenvalue weighted by Gasteiger charge is -2.25. The molecule has 0 aliphatic carbocycles. The molecule has 0 aromatic heterocycles. The van der Waals surface area contributed by atoms with Gasteiger partial charge in [0.05, 0.1) is 6.61 Å². The highest BCUT2D eigenvalue weighted by Crippen LogP contribution is 2.26. The largest absolute Gasteiger partial charge is 0.573 e. The maximum absolute atomic E-state index is 12.2. The zero-order valence-electron chi connectivity index (χ0n) is 14.1. The van der Waals surface area contributed by atoms with E-state index in [1.165, 1.54) is 12.1 Å². The Hall–Kier alpha value is -1.80. The maximum Gasteiger partial charge on any atom is 0.573 e. The molecule has 1 aliphatic heterocycles. The maximum atomic E-state index is 12.2. The molecule has 2 rings (SSSR count). The van der Waals surface area contributed by atoms with Crippen LogP contribution in [0.4, 0.5) is 13.2 Å². The number of carbonyl (C=O) groups is 1. The van der Waals surface area contributed by atoms with Crippen molar-refractivity contribution in [1.29, 1.82) is 0 Å². The topological polar surface area (TPSA) is 50.8 Å². The fourth-order valence-electron chi connectivity index (χ4n) is 2.87. The standard InChI is InChI=1S/C17H23F3N2O3/c1-24-11-10-21-9-8-14-4-7-16(23)22(14)12-13-2-5-15(6-3-13)25-17(18,19)20/h2-3,5-6,14,21H,4,7-12H2,1H3/t14-/m1/s1. The normalized spacial score (nSPS) is 18.0. The monoisotopic (exact) mass is 360 g/mol. The van der Waals surface area contributed by atoms with E-state index in [4.69, 9.17) is 4.74 Å². The lowest BCUT2D eigenvalue weighted by molar-refractivity contribution is -0.274. The fourth-order valence-corrected chi connectivity index (χ4v) is 2.87. The molecule has 1 fully saturated rings. The van der Waals surface area contributed by atoms with E-state index < -0.39 is 6.36 Å². The highest BCUT2D eigenvalue weighted by atomic mass is 19.4. The Labute approximate surface area is 145 Å². The van der Waals surface area contributed by atoms with Crippen LogP contribution >= 0.6 is 0 Å². The van der Waals surface area contributed by atoms with Crippen LogP contribution in [-0.4, -0.2) is 50.0 Å². The number of nitrogens with zero attached hydrogens (tertiary/aromatic N) is 1. The van der Waals surface area contributed by atoms with Gasteiger partial charge in [0.15, 0.2) is 0 Å². The first-order chi connectivity index (χ1) is 11.9. The number of benzene rings is 1. The lowest BCUT2D eigenvalue weighted by Crippen LogP contribution is -2.35. The predicted molar refractivity (Wildman–Crippen MR) is 86.1 cm³/mol. The van der Waals surface area contributed by atoms with Crippen LogP contribution in [0.2, 0.25) is 0 Å². The summed E-state index contributed by atoms with van der Waals surface area (Å²) in [6, 6.07) is 5.80. The summed E-state index contributed by atoms with van der Waals surface area (Å²) in [5.41, 5.74) is 0.780. The van der Waals surface area contributed by atoms with Crippen LogP contribution in [0.15, 0.2) is 24.3 Å². The molecule has 140 valence electrons. The molecule has 0 spiro atoms. The minimum atomic E-state index is -4.70. The molecule has 1 saturated heterocycles. The molecule has 8 heteroatoms. The highest BCUT2D eigenvalue weighted by molar-refractivity contribution is 5.78. The number of methoxy groups -OCH3 is 1. The minimum Gasteiger partial charge on any atom is -0.406 e. The zero-order chi connectivity index (χ0) is 18.3. The molecule has 5 nitrogen and oxygen atoms in total. The average molecular weight is 360 g/mol. The number of alkyl halides is 3. The number of carbonyl (C=O) groups excluding carboxylic acids is 1. The molecular weight excluding hydrogens is 337 g/mol. The number of hydrogen-bond acceptors (Lipinski definition) is 4. The third-order valence-electron chi connectivity index (χ3n) is 4.10. The van der Waals surface area contributed by atoms with E-state index in [0.29, 0.717) is 19.6 Å². The second-order valence-corrected chi connectivity index (χ2v) is 5.94. The number of amides is 1. The van der Waals surface area contributed by atoms with E-state index in [9.17, 15) is 18.0 Å². The first-order valence-corrected chi connectivity index (χ1v) is 8.23. The van der Waals surface area contributed by atoms with Crippen molar-refractivity contribution in [3.63, 3.8) is 0 Å². The number of ether oxygens (including phenoxy) is 2. The molecule has 1 aromatic carbocycles. The predicted octanol–water partition coefficient (Wildman–Crippen LogP) is 2.70. The van der Waals surface area contributed by atoms with Crippen LogP contribution in [0.3, 0.4) is 0 Å².